The van der Waals surface area contributed by atoms with E-state index in [1.807, 2.05) is 6.92 Å². The van der Waals surface area contributed by atoms with Crippen LogP contribution in [0.3, 0.4) is 0 Å². The molecule has 106 valence electrons. The van der Waals surface area contributed by atoms with Gasteiger partial charge in [0.1, 0.15) is 5.75 Å². The lowest BCUT2D eigenvalue weighted by molar-refractivity contribution is 0.340. The van der Waals surface area contributed by atoms with E-state index in [1.54, 1.807) is 0 Å². The van der Waals surface area contributed by atoms with E-state index < -0.39 is 0 Å². The Balaban J connectivity index is 1.79. The molecule has 1 aliphatic rings. The third-order valence-corrected chi connectivity index (χ3v) is 3.86. The molecule has 1 fully saturated rings. The molecule has 0 bridgehead atoms. The first kappa shape index (κ1) is 14.2. The highest BCUT2D eigenvalue weighted by Gasteiger charge is 2.13. The Labute approximate surface area is 116 Å². The molecular formula is C16H26N2O. The summed E-state index contributed by atoms with van der Waals surface area (Å²) in [4.78, 5) is 2.34. The van der Waals surface area contributed by atoms with Crippen LogP contribution in [0.1, 0.15) is 26.2 Å². The minimum absolute atomic E-state index is 0.726. The van der Waals surface area contributed by atoms with Crippen molar-refractivity contribution in [1.82, 2.24) is 5.32 Å². The SMILES string of the molecule is CCOc1ccc(N(C)CCC2CCCNC2)cc1. The zero-order valence-corrected chi connectivity index (χ0v) is 12.2. The number of piperidine rings is 1. The van der Waals surface area contributed by atoms with Gasteiger partial charge in [0.25, 0.3) is 0 Å². The molecule has 1 unspecified atom stereocenters. The Morgan fingerprint density at radius 3 is 2.74 bits per heavy atom. The van der Waals surface area contributed by atoms with Gasteiger partial charge in [-0.3, -0.25) is 0 Å². The molecule has 0 radical (unpaired) electrons. The summed E-state index contributed by atoms with van der Waals surface area (Å²) in [7, 11) is 2.17. The minimum atomic E-state index is 0.726. The molecule has 2 rings (SSSR count). The average molecular weight is 262 g/mol. The summed E-state index contributed by atoms with van der Waals surface area (Å²) in [6.07, 6.45) is 3.98. The number of nitrogens with zero attached hydrogens (tertiary/aromatic N) is 1. The van der Waals surface area contributed by atoms with E-state index in [1.165, 1.54) is 38.0 Å². The first-order valence-corrected chi connectivity index (χ1v) is 7.44. The minimum Gasteiger partial charge on any atom is -0.494 e. The Hall–Kier alpha value is -1.22. The number of hydrogen-bond donors (Lipinski definition) is 1. The summed E-state index contributed by atoms with van der Waals surface area (Å²) in [5.74, 6) is 1.80. The highest BCUT2D eigenvalue weighted by Crippen LogP contribution is 2.20. The van der Waals surface area contributed by atoms with Gasteiger partial charge >= 0.3 is 0 Å². The van der Waals surface area contributed by atoms with Crippen molar-refractivity contribution in [3.63, 3.8) is 0 Å². The van der Waals surface area contributed by atoms with Gasteiger partial charge in [0, 0.05) is 19.3 Å². The standard InChI is InChI=1S/C16H26N2O/c1-3-19-16-8-6-15(7-9-16)18(2)12-10-14-5-4-11-17-13-14/h6-9,14,17H,3-5,10-13H2,1-2H3. The molecular weight excluding hydrogens is 236 g/mol. The van der Waals surface area contributed by atoms with Crippen LogP contribution < -0.4 is 15.0 Å². The lowest BCUT2D eigenvalue weighted by Crippen LogP contribution is -2.32. The van der Waals surface area contributed by atoms with Crippen LogP contribution in [0, 0.1) is 5.92 Å². The zero-order valence-electron chi connectivity index (χ0n) is 12.2. The van der Waals surface area contributed by atoms with Gasteiger partial charge < -0.3 is 15.0 Å². The highest BCUT2D eigenvalue weighted by atomic mass is 16.5. The van der Waals surface area contributed by atoms with Crippen molar-refractivity contribution < 1.29 is 4.74 Å². The van der Waals surface area contributed by atoms with Gasteiger partial charge in [-0.1, -0.05) is 0 Å². The van der Waals surface area contributed by atoms with E-state index in [0.717, 1.165) is 24.8 Å². The van der Waals surface area contributed by atoms with Gasteiger partial charge in [-0.2, -0.15) is 0 Å². The predicted octanol–water partition coefficient (Wildman–Crippen LogP) is 2.91. The summed E-state index contributed by atoms with van der Waals surface area (Å²) in [6.45, 7) is 6.25. The second-order valence-electron chi connectivity index (χ2n) is 5.35. The lowest BCUT2D eigenvalue weighted by atomic mass is 9.96. The van der Waals surface area contributed by atoms with Crippen LogP contribution in [0.25, 0.3) is 0 Å². The summed E-state index contributed by atoms with van der Waals surface area (Å²) in [5.41, 5.74) is 1.27. The Morgan fingerprint density at radius 2 is 2.11 bits per heavy atom. The van der Waals surface area contributed by atoms with Crippen molar-refractivity contribution in [3.05, 3.63) is 24.3 Å². The zero-order chi connectivity index (χ0) is 13.5. The van der Waals surface area contributed by atoms with Crippen LogP contribution in [0.4, 0.5) is 5.69 Å². The Bertz CT molecular complexity index is 358. The van der Waals surface area contributed by atoms with E-state index in [-0.39, 0.29) is 0 Å². The molecule has 1 N–H and O–H groups in total. The lowest BCUT2D eigenvalue weighted by Gasteiger charge is -2.26. The molecule has 0 saturated carbocycles. The first-order valence-electron chi connectivity index (χ1n) is 7.44. The molecule has 1 heterocycles. The monoisotopic (exact) mass is 262 g/mol. The topological polar surface area (TPSA) is 24.5 Å². The summed E-state index contributed by atoms with van der Waals surface area (Å²) >= 11 is 0. The van der Waals surface area contributed by atoms with Crippen LogP contribution in [-0.2, 0) is 0 Å². The molecule has 3 nitrogen and oxygen atoms in total. The maximum absolute atomic E-state index is 5.47. The van der Waals surface area contributed by atoms with Crippen LogP contribution in [-0.4, -0.2) is 33.3 Å². The van der Waals surface area contributed by atoms with Gasteiger partial charge in [-0.25, -0.2) is 0 Å². The van der Waals surface area contributed by atoms with Gasteiger partial charge in [0.05, 0.1) is 6.61 Å². The van der Waals surface area contributed by atoms with Crippen LogP contribution in [0.2, 0.25) is 0 Å². The molecule has 3 heteroatoms. The number of anilines is 1. The summed E-state index contributed by atoms with van der Waals surface area (Å²) in [5, 5.41) is 3.48. The third-order valence-electron chi connectivity index (χ3n) is 3.86. The van der Waals surface area contributed by atoms with Crippen molar-refractivity contribution in [2.24, 2.45) is 5.92 Å². The second kappa shape index (κ2) is 7.39. The smallest absolute Gasteiger partial charge is 0.119 e. The van der Waals surface area contributed by atoms with Gasteiger partial charge in [-0.05, 0) is 69.5 Å². The number of nitrogens with one attached hydrogen (secondary N) is 1. The second-order valence-corrected chi connectivity index (χ2v) is 5.35. The van der Waals surface area contributed by atoms with Gasteiger partial charge in [0.2, 0.25) is 0 Å². The number of rotatable bonds is 6. The average Bonchev–Trinajstić information content (AvgIpc) is 2.47. The van der Waals surface area contributed by atoms with E-state index >= 15 is 0 Å². The molecule has 1 atom stereocenters. The van der Waals surface area contributed by atoms with E-state index in [9.17, 15) is 0 Å². The Kier molecular flexibility index (Phi) is 5.52. The molecule has 1 aliphatic heterocycles. The van der Waals surface area contributed by atoms with Gasteiger partial charge in [0.15, 0.2) is 0 Å². The molecule has 19 heavy (non-hydrogen) atoms. The molecule has 0 spiro atoms. The number of ether oxygens (including phenoxy) is 1. The maximum Gasteiger partial charge on any atom is 0.119 e. The maximum atomic E-state index is 5.47. The molecule has 1 saturated heterocycles. The summed E-state index contributed by atoms with van der Waals surface area (Å²) in [6, 6.07) is 8.39. The van der Waals surface area contributed by atoms with Crippen molar-refractivity contribution in [2.45, 2.75) is 26.2 Å². The van der Waals surface area contributed by atoms with Crippen molar-refractivity contribution >= 4 is 5.69 Å². The molecule has 0 aliphatic carbocycles. The predicted molar refractivity (Wildman–Crippen MR) is 81.1 cm³/mol. The van der Waals surface area contributed by atoms with E-state index in [2.05, 4.69) is 41.5 Å². The van der Waals surface area contributed by atoms with Crippen LogP contribution >= 0.6 is 0 Å². The fourth-order valence-corrected chi connectivity index (χ4v) is 2.64. The number of hydrogen-bond acceptors (Lipinski definition) is 3. The highest BCUT2D eigenvalue weighted by molar-refractivity contribution is 5.48. The first-order chi connectivity index (χ1) is 9.29. The third kappa shape index (κ3) is 4.43. The fraction of sp³-hybridized carbons (Fsp3) is 0.625. The largest absolute Gasteiger partial charge is 0.494 e. The summed E-state index contributed by atoms with van der Waals surface area (Å²) < 4.78 is 5.47. The van der Waals surface area contributed by atoms with E-state index in [4.69, 9.17) is 4.74 Å². The molecule has 0 amide bonds. The quantitative estimate of drug-likeness (QED) is 0.853. The van der Waals surface area contributed by atoms with Crippen LogP contribution in [0.5, 0.6) is 5.75 Å². The Morgan fingerprint density at radius 1 is 1.32 bits per heavy atom. The van der Waals surface area contributed by atoms with Crippen molar-refractivity contribution in [2.75, 3.05) is 38.2 Å². The van der Waals surface area contributed by atoms with Gasteiger partial charge in [-0.15, -0.1) is 0 Å². The normalized spacial score (nSPS) is 19.2. The molecule has 1 aromatic rings. The fourth-order valence-electron chi connectivity index (χ4n) is 2.64. The molecule has 1 aromatic carbocycles. The van der Waals surface area contributed by atoms with Crippen molar-refractivity contribution in [3.8, 4) is 5.75 Å². The van der Waals surface area contributed by atoms with E-state index in [0.29, 0.717) is 0 Å². The molecule has 0 aromatic heterocycles. The number of benzene rings is 1. The van der Waals surface area contributed by atoms with Crippen LogP contribution in [0.15, 0.2) is 24.3 Å². The van der Waals surface area contributed by atoms with Crippen molar-refractivity contribution in [1.29, 1.82) is 0 Å².